The molecule has 0 saturated heterocycles. The Morgan fingerprint density at radius 3 is 1.19 bits per heavy atom. The summed E-state index contributed by atoms with van der Waals surface area (Å²) in [7, 11) is 7.30. The lowest BCUT2D eigenvalue weighted by Crippen LogP contribution is -2.29. The fourth-order valence-electron chi connectivity index (χ4n) is 16.9. The summed E-state index contributed by atoms with van der Waals surface area (Å²) in [5.74, 6) is 0.549. The van der Waals surface area contributed by atoms with Crippen LogP contribution in [0, 0.1) is 64.1 Å². The Morgan fingerprint density at radius 2 is 0.821 bits per heavy atom. The van der Waals surface area contributed by atoms with Crippen molar-refractivity contribution in [2.45, 2.75) is 215 Å². The Bertz CT molecular complexity index is 6600. The molecule has 0 unspecified atom stereocenters. The number of carboxylic acids is 4. The first-order valence-corrected chi connectivity index (χ1v) is 48.7. The van der Waals surface area contributed by atoms with E-state index in [1.165, 1.54) is 57.7 Å². The van der Waals surface area contributed by atoms with E-state index in [9.17, 15) is 44.0 Å². The molecule has 12 aromatic heterocycles. The Labute approximate surface area is 817 Å². The highest BCUT2D eigenvalue weighted by Crippen LogP contribution is 2.38. The van der Waals surface area contributed by atoms with E-state index in [0.29, 0.717) is 192 Å². The number of hydrogen-bond acceptors (Lipinski definition) is 36. The molecule has 12 heterocycles. The van der Waals surface area contributed by atoms with Gasteiger partial charge in [-0.25, -0.2) is 57.7 Å². The number of aryl methyl sites for hydroxylation is 9. The van der Waals surface area contributed by atoms with Gasteiger partial charge in [-0.05, 0) is 217 Å². The molecule has 42 nitrogen and oxygen atoms in total. The van der Waals surface area contributed by atoms with Crippen molar-refractivity contribution in [2.24, 2.45) is 51.9 Å². The maximum atomic E-state index is 13.8. The molecule has 8 N–H and O–H groups in total. The smallest absolute Gasteiger partial charge is 0.306 e. The number of nitrogens with zero attached hydrogens (tertiary/aromatic N) is 25. The zero-order valence-electron chi connectivity index (χ0n) is 79.6. The number of anilines is 4. The Kier molecular flexibility index (Phi) is 33.0. The second kappa shape index (κ2) is 46.3. The lowest BCUT2D eigenvalue weighted by atomic mass is 9.87. The third kappa shape index (κ3) is 25.7. The summed E-state index contributed by atoms with van der Waals surface area (Å²) >= 11 is 3.84. The minimum absolute atomic E-state index is 0.106. The molecule has 4 aliphatic carbocycles. The molecule has 0 bridgehead atoms. The van der Waals surface area contributed by atoms with Gasteiger partial charge >= 0.3 is 23.9 Å². The lowest BCUT2D eigenvalue weighted by molar-refractivity contribution is -0.144. The minimum Gasteiger partial charge on any atom is -0.489 e. The first-order chi connectivity index (χ1) is 67.5. The van der Waals surface area contributed by atoms with Gasteiger partial charge in [0.2, 0.25) is 22.2 Å². The van der Waals surface area contributed by atoms with Crippen LogP contribution in [0.4, 0.5) is 26.6 Å². The van der Waals surface area contributed by atoms with E-state index in [1.54, 1.807) is 25.8 Å². The molecule has 4 saturated carbocycles. The molecule has 0 radical (unpaired) electrons. The summed E-state index contributed by atoms with van der Waals surface area (Å²) in [5.41, 5.74) is 13.9. The van der Waals surface area contributed by atoms with Gasteiger partial charge in [-0.2, -0.15) is 18.7 Å². The van der Waals surface area contributed by atoms with Crippen LogP contribution in [0.1, 0.15) is 186 Å². The number of pyridine rings is 4. The second-order valence-electron chi connectivity index (χ2n) is 35.1. The van der Waals surface area contributed by atoms with Crippen molar-refractivity contribution in [1.82, 2.24) is 123 Å². The molecule has 0 amide bonds. The number of benzene rings is 2. The molecule has 8 atom stereocenters. The van der Waals surface area contributed by atoms with Crippen molar-refractivity contribution in [2.75, 3.05) is 27.9 Å². The predicted molar refractivity (Wildman–Crippen MR) is 518 cm³/mol. The lowest BCUT2D eigenvalue weighted by Gasteiger charge is -2.27. The summed E-state index contributed by atoms with van der Waals surface area (Å²) in [4.78, 5) is 81.9. The van der Waals surface area contributed by atoms with Gasteiger partial charge in [-0.15, -0.1) is 29.9 Å². The standard InChI is InChI=1S/C26H29FN8O3.C25H27N7O3S.C22H29N7O3S.C21H27N7O4S/c1-15-9-18(27)12-19(10-15)35-14-29-26(32-35)28-13-22-24(31-33-34(22)3)21-7-8-23(16(2)30-21)38-20-6-4-5-17(11-20)25(36)37;1-15-21(35-18-10-6-9-17(13-18)24(33)34)12-11-19(27-15)22-20(32(2)31-29-22)14-26-25-28-23(30-36-25)16-7-4-3-5-8-16;1-12(2)20-25-22(33-27-20)23-11-17-19(26-28-29(17)4)16-8-9-18(13(3)24-16)32-15-7-5-6-14(10-15)21(30)31;1-4-31-21-24-20(26-33-21)22-11-16-18(25-27-28(16)3)15-8-9-17(12(2)23-15)32-14-7-5-6-13(10-14)19(29)30/h7-10,12,14,17,20H,4-6,11,13H2,1-3H3,(H,28,32)(H,36,37);3-5,7-8,11-12,17-18H,6,9-10,13-14H2,1-2H3,(H,33,34)(H,26,28,30);8-9,12,14-15H,5-7,10-11H2,1-4H3,(H,30,31)(H,23,25,27);8-9,13-14H,4-7,10-11H2,1-3H3,(H,22,26)(H,29,30)/t17-,20-;17-,18-;14-,15-;13-,14-/m0000/s1. The number of hydrogen-bond donors (Lipinski definition) is 8. The van der Waals surface area contributed by atoms with E-state index in [-0.39, 0.29) is 59.8 Å². The van der Waals surface area contributed by atoms with Crippen LogP contribution in [-0.4, -0.2) is 198 Å². The van der Waals surface area contributed by atoms with Crippen molar-refractivity contribution in [1.29, 1.82) is 0 Å². The van der Waals surface area contributed by atoms with Crippen molar-refractivity contribution in [3.63, 3.8) is 0 Å². The molecule has 4 fully saturated rings. The summed E-state index contributed by atoms with van der Waals surface area (Å²) in [6.07, 6.45) is 12.7. The van der Waals surface area contributed by atoms with Gasteiger partial charge in [0.1, 0.15) is 63.7 Å². The van der Waals surface area contributed by atoms with Gasteiger partial charge in [0, 0.05) is 74.3 Å². The summed E-state index contributed by atoms with van der Waals surface area (Å²) in [6.45, 7) is 17.6. The highest BCUT2D eigenvalue weighted by molar-refractivity contribution is 7.10. The third-order valence-electron chi connectivity index (χ3n) is 24.5. The Morgan fingerprint density at radius 1 is 0.443 bits per heavy atom. The molecular weight excluding hydrogens is 1860 g/mol. The third-order valence-corrected chi connectivity index (χ3v) is 26.5. The maximum Gasteiger partial charge on any atom is 0.306 e. The number of carbonyl (C=O) groups is 4. The van der Waals surface area contributed by atoms with Crippen LogP contribution in [0.5, 0.6) is 28.2 Å². The van der Waals surface area contributed by atoms with Gasteiger partial charge in [0.15, 0.2) is 5.82 Å². The van der Waals surface area contributed by atoms with Crippen LogP contribution >= 0.6 is 34.6 Å². The largest absolute Gasteiger partial charge is 0.489 e. The number of aromatic nitrogens is 25. The van der Waals surface area contributed by atoms with Crippen LogP contribution in [0.15, 0.2) is 103 Å². The molecular formula is C94H112FN29O13S3. The highest BCUT2D eigenvalue weighted by Gasteiger charge is 2.34. The number of halogens is 1. The first-order valence-electron chi connectivity index (χ1n) is 46.4. The fraction of sp³-hybridized carbons (Fsp3) is 0.447. The minimum atomic E-state index is -0.765. The summed E-state index contributed by atoms with van der Waals surface area (Å²) < 4.78 is 65.0. The Balaban J connectivity index is 0.000000141. The van der Waals surface area contributed by atoms with Crippen LogP contribution in [-0.2, 0) is 73.5 Å². The Hall–Kier alpha value is -14.6. The molecule has 18 rings (SSSR count). The van der Waals surface area contributed by atoms with Crippen molar-refractivity contribution in [3.05, 3.63) is 166 Å². The monoisotopic (exact) mass is 1970 g/mol. The van der Waals surface area contributed by atoms with E-state index in [1.807, 2.05) is 148 Å². The number of carboxylic acid groups (broad SMARTS) is 4. The molecule has 4 aliphatic rings. The topological polar surface area (TPSA) is 526 Å². The molecule has 2 aromatic carbocycles. The maximum absolute atomic E-state index is 13.8. The van der Waals surface area contributed by atoms with E-state index in [4.69, 9.17) is 38.6 Å². The number of ether oxygens (including phenoxy) is 5. The van der Waals surface area contributed by atoms with Gasteiger partial charge in [0.05, 0.1) is 155 Å². The molecule has 46 heteroatoms. The zero-order valence-corrected chi connectivity index (χ0v) is 82.1. The molecule has 736 valence electrons. The summed E-state index contributed by atoms with van der Waals surface area (Å²) in [5, 5.41) is 90.6. The van der Waals surface area contributed by atoms with E-state index in [0.717, 1.165) is 113 Å². The molecule has 0 spiro atoms. The van der Waals surface area contributed by atoms with E-state index >= 15 is 0 Å². The van der Waals surface area contributed by atoms with Crippen LogP contribution in [0.25, 0.3) is 62.6 Å². The van der Waals surface area contributed by atoms with Gasteiger partial charge in [0.25, 0.3) is 5.19 Å². The summed E-state index contributed by atoms with van der Waals surface area (Å²) in [6, 6.07) is 29.4. The SMILES string of the molecule is CCOc1nc(NCc2c(-c3ccc(O[C@H]4CCC[C@H](C(=O)O)C4)c(C)n3)nnn2C)ns1.Cc1cc(F)cc(-n2cnc(NCc3c(-c4ccc(O[C@H]5CCC[C@H](C(=O)O)C5)c(C)n4)nnn3C)n2)c1.Cc1nc(-c2nnn(C)c2CNc2nc(-c3ccccc3)ns2)ccc1O[C@H]1CCC[C@H](C(=O)O)C1.Cc1nc(-c2nnn(C)c2CNc2nc(C(C)C)ns2)ccc1O[C@H]1CCC[C@H](C(=O)O)C1. The van der Waals surface area contributed by atoms with Gasteiger partial charge < -0.3 is 65.4 Å². The average molecular weight is 1970 g/mol. The number of aliphatic carboxylic acids is 4. The molecule has 140 heavy (non-hydrogen) atoms. The van der Waals surface area contributed by atoms with Gasteiger partial charge in [-0.3, -0.25) is 19.2 Å². The van der Waals surface area contributed by atoms with Gasteiger partial charge in [-0.1, -0.05) is 65.0 Å². The van der Waals surface area contributed by atoms with Crippen LogP contribution in [0.2, 0.25) is 0 Å². The fourth-order valence-corrected chi connectivity index (χ4v) is 18.8. The predicted octanol–water partition coefficient (Wildman–Crippen LogP) is 15.1. The zero-order chi connectivity index (χ0) is 98.8. The van der Waals surface area contributed by atoms with Crippen LogP contribution in [0.3, 0.4) is 0 Å². The second-order valence-corrected chi connectivity index (χ2v) is 37.3. The van der Waals surface area contributed by atoms with Crippen molar-refractivity contribution < 1.29 is 67.7 Å². The number of rotatable bonds is 33. The molecule has 14 aromatic rings. The van der Waals surface area contributed by atoms with Crippen molar-refractivity contribution in [3.8, 4) is 90.8 Å². The van der Waals surface area contributed by atoms with E-state index < -0.39 is 23.9 Å². The first kappa shape index (κ1) is 99.9. The van der Waals surface area contributed by atoms with Crippen molar-refractivity contribution >= 4 is 80.6 Å². The normalized spacial score (nSPS) is 17.9. The molecule has 0 aliphatic heterocycles. The average Bonchev–Trinajstić information content (AvgIpc) is 1.64. The highest BCUT2D eigenvalue weighted by atomic mass is 32.1. The van der Waals surface area contributed by atoms with Crippen LogP contribution < -0.4 is 45.0 Å². The van der Waals surface area contributed by atoms with E-state index in [2.05, 4.69) is 120 Å². The quantitative estimate of drug-likeness (QED) is 0.0189. The number of nitrogens with one attached hydrogen (secondary N) is 4.